The van der Waals surface area contributed by atoms with Crippen molar-refractivity contribution in [1.82, 2.24) is 19.8 Å². The first-order valence-corrected chi connectivity index (χ1v) is 11.7. The molecule has 0 radical (unpaired) electrons. The van der Waals surface area contributed by atoms with Crippen molar-refractivity contribution in [3.05, 3.63) is 29.8 Å². The molecule has 1 aromatic rings. The molecule has 0 spiro atoms. The van der Waals surface area contributed by atoms with E-state index in [9.17, 15) is 13.2 Å². The molecule has 0 saturated carbocycles. The fourth-order valence-electron chi connectivity index (χ4n) is 3.16. The van der Waals surface area contributed by atoms with Crippen molar-refractivity contribution in [3.8, 4) is 5.75 Å². The van der Waals surface area contributed by atoms with E-state index in [0.717, 1.165) is 17.7 Å². The molecule has 30 heavy (non-hydrogen) atoms. The smallest absolute Gasteiger partial charge is 0.243 e. The summed E-state index contributed by atoms with van der Waals surface area (Å²) < 4.78 is 32.4. The SMILES string of the molecule is CCNS(=O)(=O)C1CCN(C(=NCC(=O)N(C)C)NCCc2ccc(OC)cc2)C1. The van der Waals surface area contributed by atoms with Crippen LogP contribution in [0.15, 0.2) is 29.3 Å². The monoisotopic (exact) mass is 439 g/mol. The van der Waals surface area contributed by atoms with E-state index in [0.29, 0.717) is 38.6 Å². The van der Waals surface area contributed by atoms with Gasteiger partial charge in [-0.1, -0.05) is 19.1 Å². The second-order valence-electron chi connectivity index (χ2n) is 7.35. The molecule has 0 aromatic heterocycles. The topological polar surface area (TPSA) is 103 Å². The number of likely N-dealkylation sites (tertiary alicyclic amines) is 1. The lowest BCUT2D eigenvalue weighted by molar-refractivity contribution is -0.127. The van der Waals surface area contributed by atoms with Gasteiger partial charge in [0.15, 0.2) is 5.96 Å². The predicted molar refractivity (Wildman–Crippen MR) is 118 cm³/mol. The van der Waals surface area contributed by atoms with Gasteiger partial charge in [0.2, 0.25) is 15.9 Å². The second-order valence-corrected chi connectivity index (χ2v) is 9.40. The van der Waals surface area contributed by atoms with Gasteiger partial charge in [-0.2, -0.15) is 0 Å². The van der Waals surface area contributed by atoms with E-state index in [4.69, 9.17) is 4.74 Å². The van der Waals surface area contributed by atoms with Gasteiger partial charge in [-0.25, -0.2) is 18.1 Å². The first-order chi connectivity index (χ1) is 14.3. The Hall–Kier alpha value is -2.33. The molecule has 1 atom stereocenters. The second kappa shape index (κ2) is 11.2. The van der Waals surface area contributed by atoms with Crippen molar-refractivity contribution in [2.24, 2.45) is 4.99 Å². The van der Waals surface area contributed by atoms with Crippen LogP contribution in [0, 0.1) is 0 Å². The summed E-state index contributed by atoms with van der Waals surface area (Å²) in [6.07, 6.45) is 1.29. The van der Waals surface area contributed by atoms with Crippen LogP contribution in [0.5, 0.6) is 5.75 Å². The Morgan fingerprint density at radius 2 is 2.00 bits per heavy atom. The van der Waals surface area contributed by atoms with E-state index >= 15 is 0 Å². The Morgan fingerprint density at radius 1 is 1.30 bits per heavy atom. The van der Waals surface area contributed by atoms with Gasteiger partial charge >= 0.3 is 0 Å². The minimum absolute atomic E-state index is 0.0129. The minimum Gasteiger partial charge on any atom is -0.497 e. The Kier molecular flexibility index (Phi) is 8.91. The number of benzene rings is 1. The number of nitrogens with one attached hydrogen (secondary N) is 2. The third kappa shape index (κ3) is 6.88. The molecule has 10 heteroatoms. The molecule has 1 saturated heterocycles. The summed E-state index contributed by atoms with van der Waals surface area (Å²) in [6, 6.07) is 7.83. The molecular formula is C20H33N5O4S. The average Bonchev–Trinajstić information content (AvgIpc) is 3.21. The summed E-state index contributed by atoms with van der Waals surface area (Å²) in [7, 11) is 1.65. The first kappa shape index (κ1) is 23.9. The maximum absolute atomic E-state index is 12.3. The van der Waals surface area contributed by atoms with E-state index < -0.39 is 15.3 Å². The Bertz CT molecular complexity index is 824. The number of likely N-dealkylation sites (N-methyl/N-ethyl adjacent to an activating group) is 1. The largest absolute Gasteiger partial charge is 0.497 e. The van der Waals surface area contributed by atoms with Gasteiger partial charge < -0.3 is 19.9 Å². The number of aliphatic imine (C=N–C) groups is 1. The molecule has 1 heterocycles. The van der Waals surface area contributed by atoms with Gasteiger partial charge in [0.05, 0.1) is 12.4 Å². The Labute approximate surface area is 179 Å². The van der Waals surface area contributed by atoms with Gasteiger partial charge in [-0.15, -0.1) is 0 Å². The summed E-state index contributed by atoms with van der Waals surface area (Å²) in [5.41, 5.74) is 1.14. The van der Waals surface area contributed by atoms with Crippen LogP contribution in [-0.4, -0.2) is 89.3 Å². The zero-order chi connectivity index (χ0) is 22.1. The number of methoxy groups -OCH3 is 1. The fourth-order valence-corrected chi connectivity index (χ4v) is 4.59. The zero-order valence-electron chi connectivity index (χ0n) is 18.2. The molecule has 0 aliphatic carbocycles. The standard InChI is InChI=1S/C20H33N5O4S/c1-5-23-30(27,28)18-11-13-25(15-18)20(22-14-19(26)24(2)3)21-12-10-16-6-8-17(29-4)9-7-16/h6-9,18,23H,5,10-15H2,1-4H3,(H,21,22). The lowest BCUT2D eigenvalue weighted by atomic mass is 10.1. The average molecular weight is 440 g/mol. The lowest BCUT2D eigenvalue weighted by Crippen LogP contribution is -2.43. The Morgan fingerprint density at radius 3 is 2.60 bits per heavy atom. The number of carbonyl (C=O) groups is 1. The highest BCUT2D eigenvalue weighted by atomic mass is 32.2. The van der Waals surface area contributed by atoms with Gasteiger partial charge in [0, 0.05) is 40.3 Å². The molecule has 1 aliphatic rings. The fraction of sp³-hybridized carbons (Fsp3) is 0.600. The minimum atomic E-state index is -3.35. The number of ether oxygens (including phenoxy) is 1. The molecule has 0 bridgehead atoms. The van der Waals surface area contributed by atoms with Gasteiger partial charge in [0.25, 0.3) is 0 Å². The van der Waals surface area contributed by atoms with Crippen LogP contribution in [0.3, 0.4) is 0 Å². The summed E-state index contributed by atoms with van der Waals surface area (Å²) in [4.78, 5) is 19.8. The summed E-state index contributed by atoms with van der Waals surface area (Å²) in [5, 5.41) is 2.81. The van der Waals surface area contributed by atoms with E-state index in [-0.39, 0.29) is 12.5 Å². The van der Waals surface area contributed by atoms with Gasteiger partial charge in [-0.3, -0.25) is 4.79 Å². The third-order valence-corrected chi connectivity index (χ3v) is 6.90. The maximum atomic E-state index is 12.3. The van der Waals surface area contributed by atoms with Crippen LogP contribution in [0.1, 0.15) is 18.9 Å². The van der Waals surface area contributed by atoms with Crippen LogP contribution in [0.4, 0.5) is 0 Å². The summed E-state index contributed by atoms with van der Waals surface area (Å²) in [6.45, 7) is 3.68. The van der Waals surface area contributed by atoms with Crippen molar-refractivity contribution < 1.29 is 17.9 Å². The molecule has 1 aliphatic heterocycles. The normalized spacial score (nSPS) is 17.1. The zero-order valence-corrected chi connectivity index (χ0v) is 19.0. The number of guanidine groups is 1. The van der Waals surface area contributed by atoms with Crippen LogP contribution < -0.4 is 14.8 Å². The third-order valence-electron chi connectivity index (χ3n) is 4.95. The van der Waals surface area contributed by atoms with Crippen LogP contribution >= 0.6 is 0 Å². The Balaban J connectivity index is 2.03. The molecule has 168 valence electrons. The van der Waals surface area contributed by atoms with Crippen LogP contribution in [-0.2, 0) is 21.2 Å². The van der Waals surface area contributed by atoms with Gasteiger partial charge in [0.1, 0.15) is 12.3 Å². The number of carbonyl (C=O) groups excluding carboxylic acids is 1. The molecular weight excluding hydrogens is 406 g/mol. The molecule has 2 rings (SSSR count). The van der Waals surface area contributed by atoms with Crippen molar-refractivity contribution in [3.63, 3.8) is 0 Å². The van der Waals surface area contributed by atoms with Crippen LogP contribution in [0.2, 0.25) is 0 Å². The highest BCUT2D eigenvalue weighted by Crippen LogP contribution is 2.16. The highest BCUT2D eigenvalue weighted by molar-refractivity contribution is 7.90. The van der Waals surface area contributed by atoms with E-state index in [1.165, 1.54) is 4.90 Å². The first-order valence-electron chi connectivity index (χ1n) is 10.1. The lowest BCUT2D eigenvalue weighted by Gasteiger charge is -2.22. The van der Waals surface area contributed by atoms with Crippen molar-refractivity contribution in [1.29, 1.82) is 0 Å². The number of sulfonamides is 1. The highest BCUT2D eigenvalue weighted by Gasteiger charge is 2.34. The van der Waals surface area contributed by atoms with E-state index in [2.05, 4.69) is 15.0 Å². The summed E-state index contributed by atoms with van der Waals surface area (Å²) in [5.74, 6) is 1.26. The van der Waals surface area contributed by atoms with Crippen LogP contribution in [0.25, 0.3) is 0 Å². The van der Waals surface area contributed by atoms with Gasteiger partial charge in [-0.05, 0) is 30.5 Å². The van der Waals surface area contributed by atoms with Crippen molar-refractivity contribution >= 4 is 21.9 Å². The van der Waals surface area contributed by atoms with Crippen molar-refractivity contribution in [2.75, 3.05) is 53.9 Å². The number of hydrogen-bond acceptors (Lipinski definition) is 5. The molecule has 1 unspecified atom stereocenters. The number of hydrogen-bond donors (Lipinski definition) is 2. The predicted octanol–water partition coefficient (Wildman–Crippen LogP) is 0.285. The van der Waals surface area contributed by atoms with Crippen molar-refractivity contribution in [2.45, 2.75) is 25.0 Å². The maximum Gasteiger partial charge on any atom is 0.243 e. The molecule has 2 N–H and O–H groups in total. The van der Waals surface area contributed by atoms with E-state index in [1.54, 1.807) is 28.1 Å². The summed E-state index contributed by atoms with van der Waals surface area (Å²) >= 11 is 0. The molecule has 1 fully saturated rings. The number of amides is 1. The molecule has 1 amide bonds. The molecule has 1 aromatic carbocycles. The quantitative estimate of drug-likeness (QED) is 0.423. The number of rotatable bonds is 9. The number of nitrogens with zero attached hydrogens (tertiary/aromatic N) is 3. The molecule has 9 nitrogen and oxygen atoms in total. The van der Waals surface area contributed by atoms with E-state index in [1.807, 2.05) is 29.2 Å².